The first kappa shape index (κ1) is 9.93. The standard InChI is InChI=1S/C10H16N2OS/c1-8-5-11-9(14-8)12-6-10(7-13)3-2-4-10/h5,13H,2-4,6-7H2,1H3,(H,11,12). The molecule has 0 radical (unpaired) electrons. The zero-order valence-corrected chi connectivity index (χ0v) is 9.23. The lowest BCUT2D eigenvalue weighted by Crippen LogP contribution is -2.39. The number of anilines is 1. The Morgan fingerprint density at radius 2 is 2.43 bits per heavy atom. The summed E-state index contributed by atoms with van der Waals surface area (Å²) in [4.78, 5) is 5.46. The van der Waals surface area contributed by atoms with Crippen molar-refractivity contribution < 1.29 is 5.11 Å². The molecule has 2 rings (SSSR count). The van der Waals surface area contributed by atoms with Crippen molar-refractivity contribution in [2.24, 2.45) is 5.41 Å². The van der Waals surface area contributed by atoms with Crippen molar-refractivity contribution in [1.82, 2.24) is 4.98 Å². The van der Waals surface area contributed by atoms with Gasteiger partial charge in [-0.1, -0.05) is 6.42 Å². The normalized spacial score (nSPS) is 19.0. The lowest BCUT2D eigenvalue weighted by atomic mass is 9.69. The number of aliphatic hydroxyl groups excluding tert-OH is 1. The van der Waals surface area contributed by atoms with Gasteiger partial charge in [-0.25, -0.2) is 4.98 Å². The first-order valence-corrected chi connectivity index (χ1v) is 5.83. The van der Waals surface area contributed by atoms with Gasteiger partial charge in [-0.15, -0.1) is 11.3 Å². The van der Waals surface area contributed by atoms with Gasteiger partial charge in [0.05, 0.1) is 6.61 Å². The molecule has 0 aromatic carbocycles. The average molecular weight is 212 g/mol. The second kappa shape index (κ2) is 3.87. The maximum absolute atomic E-state index is 9.26. The van der Waals surface area contributed by atoms with Crippen molar-refractivity contribution in [2.75, 3.05) is 18.5 Å². The molecule has 1 fully saturated rings. The highest BCUT2D eigenvalue weighted by atomic mass is 32.1. The molecule has 1 saturated carbocycles. The average Bonchev–Trinajstić information content (AvgIpc) is 2.50. The summed E-state index contributed by atoms with van der Waals surface area (Å²) in [5.41, 5.74) is 0.138. The fourth-order valence-electron chi connectivity index (χ4n) is 1.77. The Bertz CT molecular complexity index is 301. The molecule has 0 unspecified atom stereocenters. The minimum Gasteiger partial charge on any atom is -0.396 e. The van der Waals surface area contributed by atoms with Gasteiger partial charge >= 0.3 is 0 Å². The van der Waals surface area contributed by atoms with Crippen LogP contribution in [0.4, 0.5) is 5.13 Å². The number of nitrogens with zero attached hydrogens (tertiary/aromatic N) is 1. The van der Waals surface area contributed by atoms with Gasteiger partial charge in [0.1, 0.15) is 0 Å². The van der Waals surface area contributed by atoms with Crippen molar-refractivity contribution >= 4 is 16.5 Å². The summed E-state index contributed by atoms with van der Waals surface area (Å²) in [6, 6.07) is 0. The van der Waals surface area contributed by atoms with E-state index < -0.39 is 0 Å². The molecule has 0 saturated heterocycles. The Kier molecular flexibility index (Phi) is 2.74. The molecular formula is C10H16N2OS. The molecule has 4 heteroatoms. The number of aryl methyl sites for hydroxylation is 1. The molecule has 1 aliphatic rings. The van der Waals surface area contributed by atoms with Crippen LogP contribution in [0.15, 0.2) is 6.20 Å². The van der Waals surface area contributed by atoms with Crippen LogP contribution in [-0.2, 0) is 0 Å². The molecular weight excluding hydrogens is 196 g/mol. The van der Waals surface area contributed by atoms with Gasteiger partial charge in [0.2, 0.25) is 0 Å². The fourth-order valence-corrected chi connectivity index (χ4v) is 2.43. The second-order valence-corrected chi connectivity index (χ2v) is 5.38. The molecule has 3 nitrogen and oxygen atoms in total. The number of nitrogens with one attached hydrogen (secondary N) is 1. The third-order valence-electron chi connectivity index (χ3n) is 2.99. The minimum atomic E-state index is 0.138. The van der Waals surface area contributed by atoms with Crippen LogP contribution in [0, 0.1) is 12.3 Å². The van der Waals surface area contributed by atoms with E-state index in [0.29, 0.717) is 6.61 Å². The molecule has 0 amide bonds. The summed E-state index contributed by atoms with van der Waals surface area (Å²) < 4.78 is 0. The Morgan fingerprint density at radius 1 is 1.64 bits per heavy atom. The summed E-state index contributed by atoms with van der Waals surface area (Å²) in [7, 11) is 0. The number of aliphatic hydroxyl groups is 1. The summed E-state index contributed by atoms with van der Waals surface area (Å²) in [6.45, 7) is 3.20. The highest BCUT2D eigenvalue weighted by molar-refractivity contribution is 7.15. The topological polar surface area (TPSA) is 45.2 Å². The van der Waals surface area contributed by atoms with Gasteiger partial charge in [0.15, 0.2) is 5.13 Å². The smallest absolute Gasteiger partial charge is 0.182 e. The molecule has 0 aliphatic heterocycles. The maximum Gasteiger partial charge on any atom is 0.182 e. The molecule has 0 bridgehead atoms. The Balaban J connectivity index is 1.87. The van der Waals surface area contributed by atoms with Gasteiger partial charge in [0, 0.05) is 23.0 Å². The van der Waals surface area contributed by atoms with Crippen LogP contribution in [0.3, 0.4) is 0 Å². The third kappa shape index (κ3) is 1.91. The molecule has 1 aromatic heterocycles. The molecule has 1 heterocycles. The molecule has 14 heavy (non-hydrogen) atoms. The summed E-state index contributed by atoms with van der Waals surface area (Å²) in [6.07, 6.45) is 5.40. The van der Waals surface area contributed by atoms with Crippen molar-refractivity contribution in [3.8, 4) is 0 Å². The first-order valence-electron chi connectivity index (χ1n) is 5.01. The first-order chi connectivity index (χ1) is 6.74. The Morgan fingerprint density at radius 3 is 2.86 bits per heavy atom. The van der Waals surface area contributed by atoms with Crippen molar-refractivity contribution in [1.29, 1.82) is 0 Å². The molecule has 0 atom stereocenters. The number of aromatic nitrogens is 1. The Labute approximate surface area is 88.2 Å². The van der Waals surface area contributed by atoms with E-state index in [-0.39, 0.29) is 5.41 Å². The predicted molar refractivity (Wildman–Crippen MR) is 58.7 cm³/mol. The van der Waals surface area contributed by atoms with Gasteiger partial charge < -0.3 is 10.4 Å². The van der Waals surface area contributed by atoms with Gasteiger partial charge in [-0.3, -0.25) is 0 Å². The minimum absolute atomic E-state index is 0.138. The van der Waals surface area contributed by atoms with Crippen LogP contribution >= 0.6 is 11.3 Å². The zero-order valence-electron chi connectivity index (χ0n) is 8.42. The van der Waals surface area contributed by atoms with E-state index in [1.165, 1.54) is 11.3 Å². The van der Waals surface area contributed by atoms with Gasteiger partial charge in [0.25, 0.3) is 0 Å². The Hall–Kier alpha value is -0.610. The van der Waals surface area contributed by atoms with Gasteiger partial charge in [-0.05, 0) is 19.8 Å². The highest BCUT2D eigenvalue weighted by Crippen LogP contribution is 2.40. The van der Waals surface area contributed by atoms with Crippen LogP contribution in [-0.4, -0.2) is 23.2 Å². The lowest BCUT2D eigenvalue weighted by molar-refractivity contribution is 0.0576. The molecule has 78 valence electrons. The summed E-state index contributed by atoms with van der Waals surface area (Å²) in [5, 5.41) is 13.5. The number of hydrogen-bond acceptors (Lipinski definition) is 4. The maximum atomic E-state index is 9.26. The third-order valence-corrected chi connectivity index (χ3v) is 3.86. The molecule has 2 N–H and O–H groups in total. The summed E-state index contributed by atoms with van der Waals surface area (Å²) in [5.74, 6) is 0. The summed E-state index contributed by atoms with van der Waals surface area (Å²) >= 11 is 1.67. The van der Waals surface area contributed by atoms with Crippen molar-refractivity contribution in [2.45, 2.75) is 26.2 Å². The molecule has 1 aliphatic carbocycles. The van der Waals surface area contributed by atoms with Crippen LogP contribution in [0.5, 0.6) is 0 Å². The van der Waals surface area contributed by atoms with Crippen LogP contribution in [0.25, 0.3) is 0 Å². The fraction of sp³-hybridized carbons (Fsp3) is 0.700. The number of hydrogen-bond donors (Lipinski definition) is 2. The van der Waals surface area contributed by atoms with E-state index in [4.69, 9.17) is 0 Å². The predicted octanol–water partition coefficient (Wildman–Crippen LogP) is 2.03. The van der Waals surface area contributed by atoms with E-state index in [9.17, 15) is 5.11 Å². The number of thiazole rings is 1. The largest absolute Gasteiger partial charge is 0.396 e. The number of rotatable bonds is 4. The van der Waals surface area contributed by atoms with Crippen molar-refractivity contribution in [3.63, 3.8) is 0 Å². The van der Waals surface area contributed by atoms with E-state index in [1.54, 1.807) is 11.3 Å². The molecule has 1 aromatic rings. The van der Waals surface area contributed by atoms with Crippen LogP contribution < -0.4 is 5.32 Å². The SMILES string of the molecule is Cc1cnc(NCC2(CO)CCC2)s1. The molecule has 0 spiro atoms. The van der Waals surface area contributed by atoms with Gasteiger partial charge in [-0.2, -0.15) is 0 Å². The van der Waals surface area contributed by atoms with Crippen LogP contribution in [0.1, 0.15) is 24.1 Å². The van der Waals surface area contributed by atoms with Crippen molar-refractivity contribution in [3.05, 3.63) is 11.1 Å². The van der Waals surface area contributed by atoms with E-state index in [1.807, 2.05) is 13.1 Å². The highest BCUT2D eigenvalue weighted by Gasteiger charge is 2.36. The van der Waals surface area contributed by atoms with E-state index in [0.717, 1.165) is 24.5 Å². The van der Waals surface area contributed by atoms with Crippen LogP contribution in [0.2, 0.25) is 0 Å². The monoisotopic (exact) mass is 212 g/mol. The second-order valence-electron chi connectivity index (χ2n) is 4.14. The lowest BCUT2D eigenvalue weighted by Gasteiger charge is -2.40. The van der Waals surface area contributed by atoms with E-state index >= 15 is 0 Å². The quantitative estimate of drug-likeness (QED) is 0.802. The zero-order chi connectivity index (χ0) is 10.0. The van der Waals surface area contributed by atoms with E-state index in [2.05, 4.69) is 10.3 Å².